The zero-order valence-corrected chi connectivity index (χ0v) is 16.5. The second kappa shape index (κ2) is 7.29. The van der Waals surface area contributed by atoms with Crippen LogP contribution in [0.2, 0.25) is 0 Å². The molecule has 2 aliphatic rings. The summed E-state index contributed by atoms with van der Waals surface area (Å²) in [5, 5.41) is 2.62. The number of nitrogens with one attached hydrogen (secondary N) is 1. The lowest BCUT2D eigenvalue weighted by Crippen LogP contribution is -2.58. The highest BCUT2D eigenvalue weighted by molar-refractivity contribution is 6.06. The SMILES string of the molecule is CC(C)(C)OC(=O)Nc1ccc(F)c(N2C(N)=NC(N)=NC23CCCCC3)c1. The third-order valence-electron chi connectivity index (χ3n) is 4.68. The minimum absolute atomic E-state index is 0.0859. The van der Waals surface area contributed by atoms with Gasteiger partial charge in [-0.2, -0.15) is 4.99 Å². The fourth-order valence-corrected chi connectivity index (χ4v) is 3.65. The number of carbonyl (C=O) groups excluding carboxylic acids is 1. The van der Waals surface area contributed by atoms with Gasteiger partial charge in [-0.25, -0.2) is 14.2 Å². The predicted molar refractivity (Wildman–Crippen MR) is 108 cm³/mol. The second-order valence-corrected chi connectivity index (χ2v) is 8.11. The van der Waals surface area contributed by atoms with Crippen LogP contribution in [0.15, 0.2) is 28.2 Å². The maximum absolute atomic E-state index is 14.8. The lowest BCUT2D eigenvalue weighted by molar-refractivity contribution is 0.0636. The molecule has 0 atom stereocenters. The Hall–Kier alpha value is -2.84. The highest BCUT2D eigenvalue weighted by Gasteiger charge is 2.43. The number of halogens is 1. The first kappa shape index (κ1) is 19.9. The van der Waals surface area contributed by atoms with E-state index in [2.05, 4.69) is 15.3 Å². The van der Waals surface area contributed by atoms with E-state index in [4.69, 9.17) is 16.2 Å². The summed E-state index contributed by atoms with van der Waals surface area (Å²) in [5.74, 6) is -0.310. The summed E-state index contributed by atoms with van der Waals surface area (Å²) >= 11 is 0. The van der Waals surface area contributed by atoms with Crippen LogP contribution < -0.4 is 21.7 Å². The largest absolute Gasteiger partial charge is 0.444 e. The number of ether oxygens (including phenoxy) is 1. The molecule has 1 saturated carbocycles. The molecule has 28 heavy (non-hydrogen) atoms. The summed E-state index contributed by atoms with van der Waals surface area (Å²) in [4.78, 5) is 22.2. The van der Waals surface area contributed by atoms with Gasteiger partial charge < -0.3 is 16.2 Å². The van der Waals surface area contributed by atoms with Gasteiger partial charge in [0.25, 0.3) is 0 Å². The van der Waals surface area contributed by atoms with E-state index in [1.165, 1.54) is 18.2 Å². The molecule has 1 aromatic carbocycles. The number of guanidine groups is 2. The van der Waals surface area contributed by atoms with Crippen LogP contribution in [0.25, 0.3) is 0 Å². The average Bonchev–Trinajstić information content (AvgIpc) is 2.56. The van der Waals surface area contributed by atoms with Crippen LogP contribution in [0.3, 0.4) is 0 Å². The Morgan fingerprint density at radius 1 is 1.25 bits per heavy atom. The summed E-state index contributed by atoms with van der Waals surface area (Å²) < 4.78 is 20.1. The van der Waals surface area contributed by atoms with Gasteiger partial charge in [0, 0.05) is 5.69 Å². The maximum Gasteiger partial charge on any atom is 0.412 e. The summed E-state index contributed by atoms with van der Waals surface area (Å²) in [6.45, 7) is 5.30. The van der Waals surface area contributed by atoms with Gasteiger partial charge in [-0.1, -0.05) is 6.42 Å². The van der Waals surface area contributed by atoms with E-state index in [0.29, 0.717) is 18.5 Å². The molecule has 1 spiro atoms. The van der Waals surface area contributed by atoms with Gasteiger partial charge in [-0.3, -0.25) is 10.2 Å². The lowest BCUT2D eigenvalue weighted by atomic mass is 9.87. The molecule has 9 heteroatoms. The van der Waals surface area contributed by atoms with E-state index < -0.39 is 23.2 Å². The van der Waals surface area contributed by atoms with Crippen LogP contribution in [-0.2, 0) is 4.74 Å². The Morgan fingerprint density at radius 2 is 1.93 bits per heavy atom. The molecule has 152 valence electrons. The zero-order chi connectivity index (χ0) is 20.5. The number of nitrogens with zero attached hydrogens (tertiary/aromatic N) is 3. The molecule has 1 fully saturated rings. The van der Waals surface area contributed by atoms with Gasteiger partial charge in [0.05, 0.1) is 5.69 Å². The molecule has 0 aromatic heterocycles. The fraction of sp³-hybridized carbons (Fsp3) is 0.526. The Balaban J connectivity index is 1.95. The highest BCUT2D eigenvalue weighted by atomic mass is 19.1. The van der Waals surface area contributed by atoms with E-state index in [1.54, 1.807) is 25.7 Å². The van der Waals surface area contributed by atoms with E-state index >= 15 is 0 Å². The first-order chi connectivity index (χ1) is 13.1. The normalized spacial score (nSPS) is 19.1. The van der Waals surface area contributed by atoms with Gasteiger partial charge in [0.2, 0.25) is 11.9 Å². The zero-order valence-electron chi connectivity index (χ0n) is 16.5. The van der Waals surface area contributed by atoms with E-state index in [9.17, 15) is 9.18 Å². The van der Waals surface area contributed by atoms with Crippen LogP contribution in [0.5, 0.6) is 0 Å². The number of anilines is 2. The van der Waals surface area contributed by atoms with Gasteiger partial charge in [0.15, 0.2) is 0 Å². The van der Waals surface area contributed by atoms with E-state index in [1.807, 2.05) is 0 Å². The molecule has 1 amide bonds. The van der Waals surface area contributed by atoms with Crippen molar-refractivity contribution in [1.29, 1.82) is 0 Å². The fourth-order valence-electron chi connectivity index (χ4n) is 3.65. The monoisotopic (exact) mass is 390 g/mol. The molecule has 0 saturated heterocycles. The lowest BCUT2D eigenvalue weighted by Gasteiger charge is -2.45. The van der Waals surface area contributed by atoms with Crippen LogP contribution >= 0.6 is 0 Å². The van der Waals surface area contributed by atoms with Crippen LogP contribution in [-0.4, -0.2) is 29.3 Å². The van der Waals surface area contributed by atoms with Crippen molar-refractivity contribution in [3.8, 4) is 0 Å². The van der Waals surface area contributed by atoms with E-state index in [-0.39, 0.29) is 17.6 Å². The van der Waals surface area contributed by atoms with E-state index in [0.717, 1.165) is 19.3 Å². The van der Waals surface area contributed by atoms with Crippen LogP contribution in [0, 0.1) is 5.82 Å². The topological polar surface area (TPSA) is 118 Å². The Morgan fingerprint density at radius 3 is 2.57 bits per heavy atom. The first-order valence-corrected chi connectivity index (χ1v) is 9.39. The molecule has 1 heterocycles. The quantitative estimate of drug-likeness (QED) is 0.716. The van der Waals surface area contributed by atoms with Gasteiger partial charge in [-0.05, 0) is 64.7 Å². The average molecular weight is 390 g/mol. The molecule has 0 bridgehead atoms. The number of hydrogen-bond donors (Lipinski definition) is 3. The summed E-state index contributed by atoms with van der Waals surface area (Å²) in [6, 6.07) is 4.24. The van der Waals surface area contributed by atoms with Crippen molar-refractivity contribution >= 4 is 29.4 Å². The Labute approximate surface area is 163 Å². The van der Waals surface area contributed by atoms with Crippen molar-refractivity contribution in [3.05, 3.63) is 24.0 Å². The van der Waals surface area contributed by atoms with Crippen molar-refractivity contribution in [2.75, 3.05) is 10.2 Å². The standard InChI is InChI=1S/C19H27FN6O2/c1-18(2,3)28-17(27)23-12-7-8-13(20)14(11-12)26-16(22)24-15(21)25-19(26)9-5-4-6-10-19/h7-8,11H,4-6,9-10H2,1-3H3,(H,23,27)(H4,21,22,24,25). The number of nitrogens with two attached hydrogens (primary N) is 2. The molecular weight excluding hydrogens is 363 g/mol. The van der Waals surface area contributed by atoms with Crippen molar-refractivity contribution in [2.24, 2.45) is 21.5 Å². The number of rotatable bonds is 2. The Bertz CT molecular complexity index is 824. The van der Waals surface area contributed by atoms with Gasteiger partial charge in [0.1, 0.15) is 17.1 Å². The molecule has 3 rings (SSSR count). The molecule has 1 aliphatic heterocycles. The maximum atomic E-state index is 14.8. The second-order valence-electron chi connectivity index (χ2n) is 8.11. The number of benzene rings is 1. The Kier molecular flexibility index (Phi) is 5.18. The summed E-state index contributed by atoms with van der Waals surface area (Å²) in [7, 11) is 0. The summed E-state index contributed by atoms with van der Waals surface area (Å²) in [6.07, 6.45) is 3.68. The molecule has 1 aromatic rings. The molecular formula is C19H27FN6O2. The highest BCUT2D eigenvalue weighted by Crippen LogP contribution is 2.40. The van der Waals surface area contributed by atoms with Crippen molar-refractivity contribution < 1.29 is 13.9 Å². The molecule has 0 unspecified atom stereocenters. The molecule has 8 nitrogen and oxygen atoms in total. The third kappa shape index (κ3) is 4.18. The summed E-state index contributed by atoms with van der Waals surface area (Å²) in [5.41, 5.74) is 11.2. The van der Waals surface area contributed by atoms with Gasteiger partial charge >= 0.3 is 6.09 Å². The number of aliphatic imine (C=N–C) groups is 2. The molecule has 1 aliphatic carbocycles. The minimum Gasteiger partial charge on any atom is -0.444 e. The van der Waals surface area contributed by atoms with Crippen molar-refractivity contribution in [1.82, 2.24) is 0 Å². The predicted octanol–water partition coefficient (Wildman–Crippen LogP) is 3.28. The molecule has 0 radical (unpaired) electrons. The minimum atomic E-state index is -0.764. The number of hydrogen-bond acceptors (Lipinski definition) is 7. The van der Waals surface area contributed by atoms with Crippen LogP contribution in [0.1, 0.15) is 52.9 Å². The van der Waals surface area contributed by atoms with Gasteiger partial charge in [-0.15, -0.1) is 0 Å². The third-order valence-corrected chi connectivity index (χ3v) is 4.68. The van der Waals surface area contributed by atoms with Crippen molar-refractivity contribution in [2.45, 2.75) is 64.1 Å². The van der Waals surface area contributed by atoms with Crippen molar-refractivity contribution in [3.63, 3.8) is 0 Å². The number of amides is 1. The van der Waals surface area contributed by atoms with Crippen LogP contribution in [0.4, 0.5) is 20.6 Å². The smallest absolute Gasteiger partial charge is 0.412 e. The first-order valence-electron chi connectivity index (χ1n) is 9.39. The molecule has 5 N–H and O–H groups in total. The number of carbonyl (C=O) groups is 1.